The van der Waals surface area contributed by atoms with E-state index in [4.69, 9.17) is 16.3 Å². The number of carbonyl (C=O) groups is 1. The number of rotatable bonds is 3. The molecule has 1 fully saturated rings. The molecular formula is C23H21ClN6O3. The Morgan fingerprint density at radius 3 is 2.55 bits per heavy atom. The van der Waals surface area contributed by atoms with Crippen LogP contribution < -0.4 is 9.64 Å². The summed E-state index contributed by atoms with van der Waals surface area (Å²) in [5, 5.41) is 11.8. The third-order valence-electron chi connectivity index (χ3n) is 5.60. The predicted octanol–water partition coefficient (Wildman–Crippen LogP) is 4.01. The van der Waals surface area contributed by atoms with Crippen LogP contribution in [0, 0.1) is 6.92 Å². The zero-order valence-electron chi connectivity index (χ0n) is 17.8. The fourth-order valence-electron chi connectivity index (χ4n) is 3.86. The van der Waals surface area contributed by atoms with E-state index in [0.29, 0.717) is 42.4 Å². The Balaban J connectivity index is 1.21. The molecule has 1 amide bonds. The molecule has 0 unspecified atom stereocenters. The monoisotopic (exact) mass is 464 g/mol. The lowest BCUT2D eigenvalue weighted by atomic mass is 10.1. The van der Waals surface area contributed by atoms with Crippen LogP contribution in [0.2, 0.25) is 5.02 Å². The molecule has 33 heavy (non-hydrogen) atoms. The first kappa shape index (κ1) is 21.0. The number of benzene rings is 1. The van der Waals surface area contributed by atoms with Gasteiger partial charge in [0.2, 0.25) is 0 Å². The van der Waals surface area contributed by atoms with Crippen LogP contribution in [0.5, 0.6) is 11.8 Å². The minimum absolute atomic E-state index is 0.00194. The summed E-state index contributed by atoms with van der Waals surface area (Å²) in [4.78, 5) is 31.9. The number of H-pyrrole nitrogens is 1. The van der Waals surface area contributed by atoms with E-state index in [1.54, 1.807) is 35.6 Å². The van der Waals surface area contributed by atoms with Gasteiger partial charge in [0.1, 0.15) is 5.82 Å². The number of aromatic amines is 1. The first-order valence-corrected chi connectivity index (χ1v) is 10.8. The van der Waals surface area contributed by atoms with Crippen LogP contribution in [-0.4, -0.2) is 62.2 Å². The fourth-order valence-corrected chi connectivity index (χ4v) is 4.04. The first-order valence-electron chi connectivity index (χ1n) is 10.4. The molecule has 4 heterocycles. The Kier molecular flexibility index (Phi) is 5.47. The smallest absolute Gasteiger partial charge is 0.417 e. The number of fused-ring (bicyclic) bond motifs is 1. The fraction of sp³-hybridized carbons (Fsp3) is 0.217. The molecule has 0 spiro atoms. The van der Waals surface area contributed by atoms with E-state index < -0.39 is 6.09 Å². The van der Waals surface area contributed by atoms with Crippen molar-refractivity contribution in [2.45, 2.75) is 6.92 Å². The molecule has 5 rings (SSSR count). The number of aryl methyl sites for hydroxylation is 1. The summed E-state index contributed by atoms with van der Waals surface area (Å²) in [6.45, 7) is 3.84. The number of hydrogen-bond acceptors (Lipinski definition) is 7. The maximum atomic E-state index is 12.6. The summed E-state index contributed by atoms with van der Waals surface area (Å²) in [7, 11) is 0. The van der Waals surface area contributed by atoms with Crippen LogP contribution >= 0.6 is 11.6 Å². The van der Waals surface area contributed by atoms with E-state index in [9.17, 15) is 9.90 Å². The molecule has 4 aromatic rings. The van der Waals surface area contributed by atoms with Gasteiger partial charge in [-0.1, -0.05) is 11.6 Å². The Labute approximate surface area is 194 Å². The Morgan fingerprint density at radius 1 is 1.06 bits per heavy atom. The van der Waals surface area contributed by atoms with E-state index in [-0.39, 0.29) is 11.8 Å². The second-order valence-corrected chi connectivity index (χ2v) is 8.23. The van der Waals surface area contributed by atoms with Gasteiger partial charge in [0.25, 0.3) is 0 Å². The number of anilines is 1. The molecule has 0 bridgehead atoms. The predicted molar refractivity (Wildman–Crippen MR) is 125 cm³/mol. The normalized spacial score (nSPS) is 14.0. The van der Waals surface area contributed by atoms with Crippen molar-refractivity contribution in [1.29, 1.82) is 0 Å². The lowest BCUT2D eigenvalue weighted by Crippen LogP contribution is -2.49. The van der Waals surface area contributed by atoms with Gasteiger partial charge >= 0.3 is 12.1 Å². The minimum atomic E-state index is -0.505. The van der Waals surface area contributed by atoms with Crippen molar-refractivity contribution in [2.75, 3.05) is 31.1 Å². The van der Waals surface area contributed by atoms with Crippen molar-refractivity contribution in [3.05, 3.63) is 59.6 Å². The highest BCUT2D eigenvalue weighted by molar-refractivity contribution is 6.31. The topological polar surface area (TPSA) is 107 Å². The van der Waals surface area contributed by atoms with Gasteiger partial charge in [-0.25, -0.2) is 14.8 Å². The second kappa shape index (κ2) is 8.59. The second-order valence-electron chi connectivity index (χ2n) is 7.79. The summed E-state index contributed by atoms with van der Waals surface area (Å²) in [5.74, 6) is 0.770. The van der Waals surface area contributed by atoms with E-state index in [1.807, 2.05) is 30.0 Å². The largest absolute Gasteiger partial charge is 0.504 e. The zero-order chi connectivity index (χ0) is 22.9. The summed E-state index contributed by atoms with van der Waals surface area (Å²) in [6.07, 6.45) is 4.46. The quantitative estimate of drug-likeness (QED) is 0.471. The number of piperazine rings is 1. The molecular weight excluding hydrogens is 444 g/mol. The number of carbonyl (C=O) groups excluding carboxylic acids is 1. The van der Waals surface area contributed by atoms with Crippen molar-refractivity contribution in [3.63, 3.8) is 0 Å². The third-order valence-corrected chi connectivity index (χ3v) is 5.84. The number of halogens is 1. The van der Waals surface area contributed by atoms with Crippen LogP contribution in [0.15, 0.2) is 48.9 Å². The molecule has 0 saturated carbocycles. The average molecular weight is 465 g/mol. The van der Waals surface area contributed by atoms with Crippen molar-refractivity contribution in [3.8, 4) is 22.9 Å². The minimum Gasteiger partial charge on any atom is -0.504 e. The molecule has 3 aromatic heterocycles. The molecule has 0 atom stereocenters. The van der Waals surface area contributed by atoms with Gasteiger partial charge in [-0.2, -0.15) is 0 Å². The van der Waals surface area contributed by atoms with Crippen molar-refractivity contribution in [2.24, 2.45) is 0 Å². The van der Waals surface area contributed by atoms with Crippen molar-refractivity contribution in [1.82, 2.24) is 24.8 Å². The molecule has 2 N–H and O–H groups in total. The summed E-state index contributed by atoms with van der Waals surface area (Å²) >= 11 is 6.04. The third kappa shape index (κ3) is 4.27. The van der Waals surface area contributed by atoms with E-state index in [1.165, 1.54) is 0 Å². The number of pyridine rings is 1. The summed E-state index contributed by atoms with van der Waals surface area (Å²) in [6, 6.07) is 9.13. The number of hydrogen-bond donors (Lipinski definition) is 2. The molecule has 1 aromatic carbocycles. The molecule has 0 aliphatic carbocycles. The van der Waals surface area contributed by atoms with Crippen LogP contribution in [0.1, 0.15) is 5.69 Å². The number of nitrogens with zero attached hydrogens (tertiary/aromatic N) is 5. The molecule has 168 valence electrons. The number of aromatic hydroxyl groups is 1. The molecule has 1 aliphatic rings. The molecule has 1 aliphatic heterocycles. The molecule has 1 saturated heterocycles. The van der Waals surface area contributed by atoms with Gasteiger partial charge in [-0.15, -0.1) is 0 Å². The van der Waals surface area contributed by atoms with Gasteiger partial charge in [-0.3, -0.25) is 4.98 Å². The van der Waals surface area contributed by atoms with E-state index in [2.05, 4.69) is 19.9 Å². The van der Waals surface area contributed by atoms with Gasteiger partial charge in [-0.05, 0) is 42.8 Å². The maximum absolute atomic E-state index is 12.6. The number of aromatic nitrogens is 4. The van der Waals surface area contributed by atoms with Crippen LogP contribution in [-0.2, 0) is 0 Å². The van der Waals surface area contributed by atoms with E-state index >= 15 is 0 Å². The highest BCUT2D eigenvalue weighted by Gasteiger charge is 2.26. The van der Waals surface area contributed by atoms with E-state index in [0.717, 1.165) is 22.3 Å². The SMILES string of the molecule is Cc1cc(-c2cnc(OC(=O)N3CCN(c4[nH]c5ccc(Cl)cc5c4O)CC3)nc2)ccn1. The average Bonchev–Trinajstić information content (AvgIpc) is 3.15. The summed E-state index contributed by atoms with van der Waals surface area (Å²) in [5.41, 5.74) is 3.45. The van der Waals surface area contributed by atoms with Crippen LogP contribution in [0.25, 0.3) is 22.0 Å². The lowest BCUT2D eigenvalue weighted by Gasteiger charge is -2.34. The lowest BCUT2D eigenvalue weighted by molar-refractivity contribution is 0.145. The van der Waals surface area contributed by atoms with Gasteiger partial charge in [0.05, 0.1) is 5.52 Å². The standard InChI is InChI=1S/C23H21ClN6O3/c1-14-10-15(4-5-25-14)16-12-26-22(27-13-16)33-23(32)30-8-6-29(7-9-30)21-20(31)18-11-17(24)2-3-19(18)28-21/h2-5,10-13,28,31H,6-9H2,1H3. The molecule has 0 radical (unpaired) electrons. The van der Waals surface area contributed by atoms with Crippen molar-refractivity contribution < 1.29 is 14.6 Å². The Morgan fingerprint density at radius 2 is 1.82 bits per heavy atom. The van der Waals surface area contributed by atoms with Crippen molar-refractivity contribution >= 4 is 34.4 Å². The summed E-state index contributed by atoms with van der Waals surface area (Å²) < 4.78 is 5.36. The number of ether oxygens (including phenoxy) is 1. The number of nitrogens with one attached hydrogen (secondary N) is 1. The Hall–Kier alpha value is -3.85. The van der Waals surface area contributed by atoms with Gasteiger partial charge in [0.15, 0.2) is 5.75 Å². The van der Waals surface area contributed by atoms with Crippen LogP contribution in [0.4, 0.5) is 10.6 Å². The first-order chi connectivity index (χ1) is 16.0. The van der Waals surface area contributed by atoms with Gasteiger partial charge in [0, 0.05) is 66.4 Å². The maximum Gasteiger partial charge on any atom is 0.417 e. The highest BCUT2D eigenvalue weighted by Crippen LogP contribution is 2.37. The van der Waals surface area contributed by atoms with Gasteiger partial charge < -0.3 is 24.6 Å². The zero-order valence-corrected chi connectivity index (χ0v) is 18.6. The Bertz CT molecular complexity index is 1320. The molecule has 10 heteroatoms. The van der Waals surface area contributed by atoms with Crippen LogP contribution in [0.3, 0.4) is 0 Å². The highest BCUT2D eigenvalue weighted by atomic mass is 35.5. The molecule has 9 nitrogen and oxygen atoms in total. The number of amides is 1.